The summed E-state index contributed by atoms with van der Waals surface area (Å²) in [6, 6.07) is 4.16. The third-order valence-corrected chi connectivity index (χ3v) is 12.9. The molecule has 0 amide bonds. The topological polar surface area (TPSA) is 357 Å². The van der Waals surface area contributed by atoms with Gasteiger partial charge in [-0.2, -0.15) is 0 Å². The molecule has 1 aromatic rings. The molecule has 23 heteroatoms. The molecule has 0 spiro atoms. The van der Waals surface area contributed by atoms with Gasteiger partial charge in [0.05, 0.1) is 26.3 Å². The normalized spacial score (nSPS) is 40.0. The van der Waals surface area contributed by atoms with E-state index in [-0.39, 0.29) is 13.0 Å². The van der Waals surface area contributed by atoms with E-state index >= 15 is 0 Å². The summed E-state index contributed by atoms with van der Waals surface area (Å²) >= 11 is 0. The zero-order valence-corrected chi connectivity index (χ0v) is 34.2. The van der Waals surface area contributed by atoms with Crippen molar-refractivity contribution in [2.75, 3.05) is 66.6 Å². The summed E-state index contributed by atoms with van der Waals surface area (Å²) in [7, 11) is 0.124. The van der Waals surface area contributed by atoms with Crippen molar-refractivity contribution in [2.24, 2.45) is 27.9 Å². The van der Waals surface area contributed by atoms with Gasteiger partial charge in [0, 0.05) is 56.9 Å². The molecule has 1 aliphatic carbocycles. The van der Waals surface area contributed by atoms with Crippen molar-refractivity contribution < 1.29 is 67.8 Å². The molecule has 15 atom stereocenters. The Hall–Kier alpha value is -2.50. The third-order valence-electron chi connectivity index (χ3n) is 11.3. The summed E-state index contributed by atoms with van der Waals surface area (Å²) in [5.74, 6) is 1.14. The SMILES string of the molecule is COc1ccc(C2=C(C)C(=NCCN3CCN(C)CC3)NS2(=O)=O)cc1.NC[C@H]1O[C@H](O[C@H]2[C@H](O)[C@@H](O[C@H]3O[C@H](CO)[C@@H](O)[C@H](N)[C@H]3O)[C@H](N)C[C@@H]2N)[C@H](O)[C@@H](O)[C@@H]1O. The first kappa shape index (κ1) is 47.5. The van der Waals surface area contributed by atoms with Gasteiger partial charge in [0.15, 0.2) is 12.6 Å². The fraction of sp³-hybridized carbons (Fsp3) is 0.750. The van der Waals surface area contributed by atoms with Gasteiger partial charge in [-0.1, -0.05) is 0 Å². The van der Waals surface area contributed by atoms with Gasteiger partial charge in [-0.3, -0.25) is 14.6 Å². The molecule has 4 fully saturated rings. The molecule has 0 bridgehead atoms. The molecule has 336 valence electrons. The van der Waals surface area contributed by atoms with Crippen LogP contribution in [0.5, 0.6) is 5.75 Å². The Labute approximate surface area is 343 Å². The van der Waals surface area contributed by atoms with E-state index in [0.29, 0.717) is 34.2 Å². The zero-order valence-electron chi connectivity index (χ0n) is 33.4. The van der Waals surface area contributed by atoms with E-state index in [1.54, 1.807) is 38.3 Å². The molecule has 4 heterocycles. The number of aliphatic imine (C=N–C) groups is 1. The van der Waals surface area contributed by atoms with Crippen LogP contribution in [0.25, 0.3) is 4.91 Å². The lowest BCUT2D eigenvalue weighted by atomic mass is 9.84. The van der Waals surface area contributed by atoms with Crippen molar-refractivity contribution in [3.05, 3.63) is 35.4 Å². The summed E-state index contributed by atoms with van der Waals surface area (Å²) in [6.07, 6.45) is -16.5. The molecule has 0 radical (unpaired) electrons. The number of likely N-dealkylation sites (N-methyl/N-ethyl adjacent to an activating group) is 1. The van der Waals surface area contributed by atoms with Gasteiger partial charge in [-0.15, -0.1) is 0 Å². The van der Waals surface area contributed by atoms with Crippen LogP contribution in [-0.4, -0.2) is 218 Å². The summed E-state index contributed by atoms with van der Waals surface area (Å²) in [5, 5.41) is 70.9. The highest BCUT2D eigenvalue weighted by Crippen LogP contribution is 2.32. The molecule has 0 aromatic heterocycles. The summed E-state index contributed by atoms with van der Waals surface area (Å²) in [5.41, 5.74) is 24.8. The molecular formula is C36H62N8O14S. The Morgan fingerprint density at radius 3 is 1.97 bits per heavy atom. The number of aliphatic hydroxyl groups excluding tert-OH is 7. The van der Waals surface area contributed by atoms with Gasteiger partial charge in [0.2, 0.25) is 0 Å². The van der Waals surface area contributed by atoms with Crippen molar-refractivity contribution in [1.82, 2.24) is 14.5 Å². The Kier molecular flexibility index (Phi) is 16.6. The number of nitrogens with two attached hydrogens (primary N) is 4. The van der Waals surface area contributed by atoms with Gasteiger partial charge in [-0.25, -0.2) is 8.42 Å². The van der Waals surface area contributed by atoms with E-state index in [1.165, 1.54) is 0 Å². The lowest BCUT2D eigenvalue weighted by Crippen LogP contribution is -2.68. The van der Waals surface area contributed by atoms with Crippen LogP contribution in [0.15, 0.2) is 34.8 Å². The molecule has 59 heavy (non-hydrogen) atoms. The second-order valence-corrected chi connectivity index (χ2v) is 17.1. The van der Waals surface area contributed by atoms with Crippen LogP contribution >= 0.6 is 0 Å². The highest BCUT2D eigenvalue weighted by atomic mass is 32.2. The number of rotatable bonds is 11. The predicted octanol–water partition coefficient (Wildman–Crippen LogP) is -6.29. The van der Waals surface area contributed by atoms with E-state index in [4.69, 9.17) is 46.6 Å². The number of aliphatic hydroxyl groups is 7. The van der Waals surface area contributed by atoms with Crippen molar-refractivity contribution in [2.45, 2.75) is 105 Å². The quantitative estimate of drug-likeness (QED) is 0.0984. The Morgan fingerprint density at radius 2 is 1.41 bits per heavy atom. The maximum absolute atomic E-state index is 12.5. The minimum absolute atomic E-state index is 0.0849. The maximum atomic E-state index is 12.5. The summed E-state index contributed by atoms with van der Waals surface area (Å²) < 4.78 is 55.0. The third kappa shape index (κ3) is 10.9. The smallest absolute Gasteiger partial charge is 0.264 e. The summed E-state index contributed by atoms with van der Waals surface area (Å²) in [4.78, 5) is 9.47. The lowest BCUT2D eigenvalue weighted by molar-refractivity contribution is -0.332. The predicted molar refractivity (Wildman–Crippen MR) is 212 cm³/mol. The maximum Gasteiger partial charge on any atom is 0.264 e. The molecule has 1 aromatic carbocycles. The van der Waals surface area contributed by atoms with Crippen molar-refractivity contribution in [3.63, 3.8) is 0 Å². The van der Waals surface area contributed by atoms with Crippen LogP contribution in [-0.2, 0) is 29.0 Å². The highest BCUT2D eigenvalue weighted by Gasteiger charge is 2.51. The number of piperazine rings is 1. The second kappa shape index (κ2) is 20.6. The van der Waals surface area contributed by atoms with Crippen LogP contribution in [0.3, 0.4) is 0 Å². The molecule has 0 unspecified atom stereocenters. The van der Waals surface area contributed by atoms with Crippen LogP contribution in [0.4, 0.5) is 0 Å². The lowest BCUT2D eigenvalue weighted by Gasteiger charge is -2.48. The number of amidine groups is 1. The van der Waals surface area contributed by atoms with E-state index in [1.807, 2.05) is 0 Å². The number of hydrogen-bond donors (Lipinski definition) is 12. The van der Waals surface area contributed by atoms with E-state index in [9.17, 15) is 44.2 Å². The average molecular weight is 863 g/mol. The second-order valence-electron chi connectivity index (χ2n) is 15.5. The van der Waals surface area contributed by atoms with Gasteiger partial charge < -0.3 is 87.3 Å². The van der Waals surface area contributed by atoms with Crippen molar-refractivity contribution in [3.8, 4) is 5.75 Å². The first-order valence-corrected chi connectivity index (χ1v) is 21.0. The van der Waals surface area contributed by atoms with E-state index in [0.717, 1.165) is 32.7 Å². The minimum Gasteiger partial charge on any atom is -0.497 e. The molecule has 1 saturated carbocycles. The highest BCUT2D eigenvalue weighted by molar-refractivity contribution is 8.00. The van der Waals surface area contributed by atoms with Crippen molar-refractivity contribution >= 4 is 20.8 Å². The molecule has 22 nitrogen and oxygen atoms in total. The molecule has 6 rings (SSSR count). The van der Waals surface area contributed by atoms with Crippen molar-refractivity contribution in [1.29, 1.82) is 0 Å². The Balaban J connectivity index is 0.000000230. The van der Waals surface area contributed by atoms with E-state index < -0.39 is 108 Å². The fourth-order valence-electron chi connectivity index (χ4n) is 7.60. The number of methoxy groups -OCH3 is 1. The van der Waals surface area contributed by atoms with Crippen LogP contribution in [0.2, 0.25) is 0 Å². The molecule has 5 aliphatic rings. The first-order valence-electron chi connectivity index (χ1n) is 19.5. The van der Waals surface area contributed by atoms with Crippen LogP contribution in [0, 0.1) is 0 Å². The van der Waals surface area contributed by atoms with Gasteiger partial charge in [-0.05, 0) is 50.2 Å². The van der Waals surface area contributed by atoms with Gasteiger partial charge in [0.1, 0.15) is 77.5 Å². The largest absolute Gasteiger partial charge is 0.497 e. The van der Waals surface area contributed by atoms with Crippen LogP contribution in [0.1, 0.15) is 18.9 Å². The Bertz CT molecular complexity index is 1640. The number of sulfonamides is 1. The number of hydrogen-bond acceptors (Lipinski definition) is 21. The average Bonchev–Trinajstić information content (AvgIpc) is 3.45. The number of nitrogens with one attached hydrogen (secondary N) is 1. The number of nitrogens with zero attached hydrogens (tertiary/aromatic N) is 3. The fourth-order valence-corrected chi connectivity index (χ4v) is 9.12. The van der Waals surface area contributed by atoms with Gasteiger partial charge >= 0.3 is 0 Å². The number of benzene rings is 1. The molecule has 4 aliphatic heterocycles. The molecule has 3 saturated heterocycles. The van der Waals surface area contributed by atoms with Crippen LogP contribution < -0.4 is 32.4 Å². The van der Waals surface area contributed by atoms with Gasteiger partial charge in [0.25, 0.3) is 10.0 Å². The molecule has 16 N–H and O–H groups in total. The standard InChI is InChI=1S/C18H36N4O11.C18H26N4O3S/c19-2-6-10(25)12(27)13(28)18(30-6)33-16-5(21)1-4(20)15(14(16)29)32-17-11(26)8(22)9(24)7(3-23)31-17;1-14-17(15-4-6-16(25-3)7-5-15)26(23,24)20-18(14)19-8-9-22-12-10-21(2)11-13-22/h4-18,23-29H,1-3,19-22H2;4-7H,8-13H2,1-3H3,(H,19,20)/t4-,5+,6-,7-,8+,9-,10-,11-,12+,13-,14-,15+,16-,17-,18-;/m1./s1. The monoisotopic (exact) mass is 862 g/mol. The zero-order chi connectivity index (χ0) is 43.3. The summed E-state index contributed by atoms with van der Waals surface area (Å²) in [6.45, 7) is 6.62. The number of ether oxygens (including phenoxy) is 5. The van der Waals surface area contributed by atoms with E-state index in [2.05, 4.69) is 26.6 Å². The minimum atomic E-state index is -3.58. The first-order chi connectivity index (χ1) is 27.9. The molecular weight excluding hydrogens is 801 g/mol. The Morgan fingerprint density at radius 1 is 0.831 bits per heavy atom.